The summed E-state index contributed by atoms with van der Waals surface area (Å²) in [6.45, 7) is -1.05. The molecule has 1 amide bonds. The largest absolute Gasteiger partial charge is 0.434 e. The molecule has 0 spiro atoms. The number of benzene rings is 1. The molecule has 4 unspecified atom stereocenters. The molecule has 11 heteroatoms. The molecule has 0 saturated heterocycles. The van der Waals surface area contributed by atoms with Gasteiger partial charge in [0.1, 0.15) is 11.6 Å². The van der Waals surface area contributed by atoms with Crippen LogP contribution in [0.2, 0.25) is 0 Å². The van der Waals surface area contributed by atoms with Gasteiger partial charge in [0.05, 0.1) is 34.4 Å². The van der Waals surface area contributed by atoms with Crippen molar-refractivity contribution >= 4 is 11.6 Å². The number of ether oxygens (including phenoxy) is 1. The molecule has 4 aromatic rings. The third-order valence-electron chi connectivity index (χ3n) is 8.74. The summed E-state index contributed by atoms with van der Waals surface area (Å²) in [6.07, 6.45) is 3.64. The van der Waals surface area contributed by atoms with E-state index in [0.29, 0.717) is 52.3 Å². The topological polar surface area (TPSA) is 98.6 Å². The summed E-state index contributed by atoms with van der Waals surface area (Å²) in [7, 11) is 1.68. The van der Waals surface area contributed by atoms with Crippen molar-refractivity contribution in [3.63, 3.8) is 0 Å². The Morgan fingerprint density at radius 2 is 2.05 bits per heavy atom. The fourth-order valence-electron chi connectivity index (χ4n) is 6.37. The molecule has 1 aliphatic heterocycles. The molecule has 7 rings (SSSR count). The third kappa shape index (κ3) is 3.35. The van der Waals surface area contributed by atoms with Gasteiger partial charge in [0, 0.05) is 35.9 Å². The summed E-state index contributed by atoms with van der Waals surface area (Å²) >= 11 is 0. The average Bonchev–Trinajstić information content (AvgIpc) is 3.44. The van der Waals surface area contributed by atoms with Crippen molar-refractivity contribution in [1.29, 1.82) is 0 Å². The van der Waals surface area contributed by atoms with Crippen molar-refractivity contribution in [2.45, 2.75) is 50.3 Å². The highest BCUT2D eigenvalue weighted by Crippen LogP contribution is 2.52. The Balaban J connectivity index is 1.37. The molecule has 8 nitrogen and oxygen atoms in total. The van der Waals surface area contributed by atoms with E-state index in [9.17, 15) is 13.6 Å². The predicted octanol–water partition coefficient (Wildman–Crippen LogP) is 4.78. The van der Waals surface area contributed by atoms with Crippen LogP contribution in [0.15, 0.2) is 42.6 Å². The van der Waals surface area contributed by atoms with Gasteiger partial charge in [-0.15, -0.1) is 0 Å². The van der Waals surface area contributed by atoms with Gasteiger partial charge in [0.25, 0.3) is 5.91 Å². The molecule has 2 bridgehead atoms. The molecule has 4 atom stereocenters. The number of imidazole rings is 1. The fraction of sp³-hybridized carbons (Fsp3) is 0.357. The molecule has 3 aromatic heterocycles. The van der Waals surface area contributed by atoms with Crippen LogP contribution in [0.1, 0.15) is 71.1 Å². The average molecular weight is 535 g/mol. The highest BCUT2D eigenvalue weighted by Gasteiger charge is 2.47. The third-order valence-corrected chi connectivity index (χ3v) is 8.74. The zero-order valence-corrected chi connectivity index (χ0v) is 21.2. The molecule has 3 aliphatic rings. The van der Waals surface area contributed by atoms with Gasteiger partial charge in [-0.2, -0.15) is 13.9 Å². The molecule has 1 fully saturated rings. The smallest absolute Gasteiger partial charge is 0.387 e. The SMILES string of the molecule is CC1CCC1(N)c1ncc(-c2ccc3nc4c(n3n2)C2CC4N(C)C(=O)c3cccc(OC(F)F)c32)cc1F. The van der Waals surface area contributed by atoms with Crippen LogP contribution < -0.4 is 10.5 Å². The zero-order chi connectivity index (χ0) is 27.2. The maximum atomic E-state index is 15.2. The van der Waals surface area contributed by atoms with Crippen LogP contribution >= 0.6 is 0 Å². The number of rotatable bonds is 4. The molecule has 39 heavy (non-hydrogen) atoms. The van der Waals surface area contributed by atoms with Crippen molar-refractivity contribution in [2.75, 3.05) is 7.05 Å². The Hall–Kier alpha value is -3.99. The second-order valence-corrected chi connectivity index (χ2v) is 10.7. The van der Waals surface area contributed by atoms with E-state index in [2.05, 4.69) is 4.98 Å². The van der Waals surface area contributed by atoms with E-state index in [1.165, 1.54) is 18.2 Å². The molecule has 1 aromatic carbocycles. The van der Waals surface area contributed by atoms with Gasteiger partial charge in [-0.25, -0.2) is 13.9 Å². The lowest BCUT2D eigenvalue weighted by Gasteiger charge is -2.44. The van der Waals surface area contributed by atoms with Crippen molar-refractivity contribution in [1.82, 2.24) is 24.5 Å². The Labute approximate surface area is 221 Å². The summed E-state index contributed by atoms with van der Waals surface area (Å²) in [6, 6.07) is 9.14. The summed E-state index contributed by atoms with van der Waals surface area (Å²) in [5.74, 6) is -1.13. The highest BCUT2D eigenvalue weighted by atomic mass is 19.3. The van der Waals surface area contributed by atoms with Gasteiger partial charge >= 0.3 is 6.61 Å². The number of alkyl halides is 2. The second kappa shape index (κ2) is 8.25. The van der Waals surface area contributed by atoms with Gasteiger partial charge in [-0.3, -0.25) is 9.78 Å². The Kier molecular flexibility index (Phi) is 5.10. The molecular formula is C28H25F3N6O2. The summed E-state index contributed by atoms with van der Waals surface area (Å²) in [5.41, 5.74) is 9.44. The maximum Gasteiger partial charge on any atom is 0.387 e. The summed E-state index contributed by atoms with van der Waals surface area (Å²) in [4.78, 5) is 24.0. The van der Waals surface area contributed by atoms with Gasteiger partial charge in [0.2, 0.25) is 0 Å². The first-order valence-corrected chi connectivity index (χ1v) is 12.9. The molecular weight excluding hydrogens is 509 g/mol. The van der Waals surface area contributed by atoms with Crippen LogP contribution in [0.4, 0.5) is 13.2 Å². The van der Waals surface area contributed by atoms with E-state index in [1.54, 1.807) is 40.9 Å². The van der Waals surface area contributed by atoms with Crippen molar-refractivity contribution < 1.29 is 22.7 Å². The van der Waals surface area contributed by atoms with E-state index in [0.717, 1.165) is 6.42 Å². The van der Waals surface area contributed by atoms with Gasteiger partial charge in [0.15, 0.2) is 5.65 Å². The Bertz CT molecular complexity index is 1670. The van der Waals surface area contributed by atoms with E-state index in [1.807, 2.05) is 6.92 Å². The normalized spacial score (nSPS) is 25.5. The van der Waals surface area contributed by atoms with Gasteiger partial charge < -0.3 is 15.4 Å². The Morgan fingerprint density at radius 1 is 1.23 bits per heavy atom. The standard InChI is InChI=1S/C28H25F3N6O2/c1-13-8-9-28(13,32)25-17(29)10-14(12-33-25)18-6-7-21-34-23-19-11-16(24(23)37(21)35-18)22-15(26(38)36(19)2)4-3-5-20(22)39-27(30)31/h3-7,10,12-13,16,19,27H,8-9,11,32H2,1-2H3. The minimum Gasteiger partial charge on any atom is -0.434 e. The highest BCUT2D eigenvalue weighted by molar-refractivity contribution is 5.98. The number of carbonyl (C=O) groups is 1. The molecule has 200 valence electrons. The van der Waals surface area contributed by atoms with Crippen LogP contribution in [0, 0.1) is 11.7 Å². The number of aromatic nitrogens is 4. The maximum absolute atomic E-state index is 15.2. The number of halogens is 3. The summed E-state index contributed by atoms with van der Waals surface area (Å²) < 4.78 is 48.4. The monoisotopic (exact) mass is 534 g/mol. The lowest BCUT2D eigenvalue weighted by molar-refractivity contribution is -0.0506. The van der Waals surface area contributed by atoms with E-state index < -0.39 is 23.9 Å². The number of fused-ring (bicyclic) bond motifs is 9. The number of hydrogen-bond acceptors (Lipinski definition) is 6. The number of nitrogens with zero attached hydrogens (tertiary/aromatic N) is 5. The lowest BCUT2D eigenvalue weighted by atomic mass is 9.66. The molecule has 4 heterocycles. The van der Waals surface area contributed by atoms with E-state index >= 15 is 4.39 Å². The number of hydrogen-bond donors (Lipinski definition) is 1. The minimum atomic E-state index is -3.04. The van der Waals surface area contributed by atoms with Crippen molar-refractivity contribution in [3.05, 3.63) is 76.6 Å². The van der Waals surface area contributed by atoms with Crippen LogP contribution in [0.25, 0.3) is 16.9 Å². The number of nitrogens with two attached hydrogens (primary N) is 1. The van der Waals surface area contributed by atoms with Gasteiger partial charge in [-0.1, -0.05) is 13.0 Å². The second-order valence-electron chi connectivity index (χ2n) is 10.7. The zero-order valence-electron chi connectivity index (χ0n) is 21.2. The fourth-order valence-corrected chi connectivity index (χ4v) is 6.37. The van der Waals surface area contributed by atoms with E-state index in [4.69, 9.17) is 20.6 Å². The van der Waals surface area contributed by atoms with Crippen LogP contribution in [0.3, 0.4) is 0 Å². The van der Waals surface area contributed by atoms with Crippen LogP contribution in [0.5, 0.6) is 5.75 Å². The first-order valence-electron chi connectivity index (χ1n) is 12.9. The van der Waals surface area contributed by atoms with Crippen molar-refractivity contribution in [2.24, 2.45) is 11.7 Å². The van der Waals surface area contributed by atoms with Gasteiger partial charge in [-0.05, 0) is 55.5 Å². The first-order chi connectivity index (χ1) is 18.7. The van der Waals surface area contributed by atoms with Crippen molar-refractivity contribution in [3.8, 4) is 17.0 Å². The number of pyridine rings is 1. The summed E-state index contributed by atoms with van der Waals surface area (Å²) in [5, 5.41) is 4.78. The number of amides is 1. The molecule has 2 aliphatic carbocycles. The van der Waals surface area contributed by atoms with E-state index in [-0.39, 0.29) is 29.3 Å². The number of carbonyl (C=O) groups excluding carboxylic acids is 1. The quantitative estimate of drug-likeness (QED) is 0.405. The first kappa shape index (κ1) is 24.1. The lowest BCUT2D eigenvalue weighted by Crippen LogP contribution is -2.51. The minimum absolute atomic E-state index is 0.0448. The molecule has 0 radical (unpaired) electrons. The molecule has 1 saturated carbocycles. The van der Waals surface area contributed by atoms with Crippen LogP contribution in [-0.4, -0.2) is 44.0 Å². The van der Waals surface area contributed by atoms with Crippen LogP contribution in [-0.2, 0) is 5.54 Å². The Morgan fingerprint density at radius 3 is 2.74 bits per heavy atom. The molecule has 2 N–H and O–H groups in total. The predicted molar refractivity (Wildman–Crippen MR) is 135 cm³/mol.